The maximum atomic E-state index is 13.1. The van der Waals surface area contributed by atoms with Crippen LogP contribution in [0.4, 0.5) is 4.39 Å². The van der Waals surface area contributed by atoms with Crippen LogP contribution in [-0.2, 0) is 6.42 Å². The molecule has 5 nitrogen and oxygen atoms in total. The summed E-state index contributed by atoms with van der Waals surface area (Å²) in [4.78, 5) is 4.12. The number of rotatable bonds is 5. The van der Waals surface area contributed by atoms with Crippen LogP contribution in [0.1, 0.15) is 23.3 Å². The average Bonchev–Trinajstić information content (AvgIpc) is 2.99. The van der Waals surface area contributed by atoms with Crippen molar-refractivity contribution in [2.24, 2.45) is 5.73 Å². The minimum absolute atomic E-state index is 0.0185. The number of aromatic nitrogens is 2. The Hall–Kier alpha value is -2.44. The maximum absolute atomic E-state index is 13.1. The first-order chi connectivity index (χ1) is 11.5. The largest absolute Gasteiger partial charge is 0.457 e. The number of ether oxygens (including phenoxy) is 1. The molecule has 7 heteroatoms. The van der Waals surface area contributed by atoms with E-state index in [9.17, 15) is 4.39 Å². The zero-order valence-electron chi connectivity index (χ0n) is 12.9. The Labute approximate surface area is 143 Å². The molecule has 0 aliphatic rings. The van der Waals surface area contributed by atoms with Gasteiger partial charge in [0, 0.05) is 6.07 Å². The molecule has 0 radical (unpaired) electrons. The molecule has 2 N–H and O–H groups in total. The summed E-state index contributed by atoms with van der Waals surface area (Å²) >= 11 is 5.73. The van der Waals surface area contributed by atoms with E-state index in [0.29, 0.717) is 29.6 Å². The highest BCUT2D eigenvalue weighted by molar-refractivity contribution is 6.30. The summed E-state index contributed by atoms with van der Waals surface area (Å²) in [6.45, 7) is 1.74. The predicted molar refractivity (Wildman–Crippen MR) is 87.6 cm³/mol. The predicted octanol–water partition coefficient (Wildman–Crippen LogP) is 4.21. The Balaban J connectivity index is 1.65. The quantitative estimate of drug-likeness (QED) is 0.748. The van der Waals surface area contributed by atoms with Gasteiger partial charge in [-0.1, -0.05) is 28.9 Å². The molecule has 0 saturated heterocycles. The number of benzene rings is 2. The minimum atomic E-state index is -0.482. The van der Waals surface area contributed by atoms with Crippen LogP contribution >= 0.6 is 11.6 Å². The summed E-state index contributed by atoms with van der Waals surface area (Å²) in [5.41, 5.74) is 7.06. The van der Waals surface area contributed by atoms with Gasteiger partial charge in [-0.15, -0.1) is 0 Å². The van der Waals surface area contributed by atoms with Crippen molar-refractivity contribution in [3.63, 3.8) is 0 Å². The van der Waals surface area contributed by atoms with Crippen molar-refractivity contribution in [2.45, 2.75) is 19.4 Å². The number of aryl methyl sites for hydroxylation is 1. The normalized spacial score (nSPS) is 12.2. The smallest absolute Gasteiger partial charge is 0.243 e. The Morgan fingerprint density at radius 3 is 2.54 bits per heavy atom. The molecule has 0 bridgehead atoms. The van der Waals surface area contributed by atoms with Gasteiger partial charge in [-0.2, -0.15) is 4.98 Å². The van der Waals surface area contributed by atoms with Crippen LogP contribution in [0.2, 0.25) is 5.02 Å². The molecule has 1 heterocycles. The monoisotopic (exact) mass is 347 g/mol. The van der Waals surface area contributed by atoms with Crippen molar-refractivity contribution in [3.8, 4) is 11.5 Å². The molecule has 1 atom stereocenters. The number of nitrogens with two attached hydrogens (primary N) is 1. The van der Waals surface area contributed by atoms with E-state index in [4.69, 9.17) is 26.6 Å². The molecule has 124 valence electrons. The molecule has 0 aliphatic carbocycles. The summed E-state index contributed by atoms with van der Waals surface area (Å²) in [5.74, 6) is 1.57. The van der Waals surface area contributed by atoms with Crippen molar-refractivity contribution in [1.82, 2.24) is 10.1 Å². The lowest BCUT2D eigenvalue weighted by Crippen LogP contribution is -2.13. The Morgan fingerprint density at radius 1 is 1.21 bits per heavy atom. The average molecular weight is 348 g/mol. The van der Waals surface area contributed by atoms with E-state index in [2.05, 4.69) is 10.1 Å². The van der Waals surface area contributed by atoms with Crippen LogP contribution < -0.4 is 10.5 Å². The lowest BCUT2D eigenvalue weighted by molar-refractivity contribution is 0.351. The third kappa shape index (κ3) is 3.90. The Morgan fingerprint density at radius 2 is 1.92 bits per heavy atom. The first-order valence-corrected chi connectivity index (χ1v) is 7.66. The number of hydrogen-bond acceptors (Lipinski definition) is 5. The van der Waals surface area contributed by atoms with Crippen molar-refractivity contribution >= 4 is 11.6 Å². The molecule has 0 saturated carbocycles. The Bertz CT molecular complexity index is 836. The molecule has 1 aromatic heterocycles. The minimum Gasteiger partial charge on any atom is -0.457 e. The first kappa shape index (κ1) is 16.4. The van der Waals surface area contributed by atoms with Gasteiger partial charge in [0.25, 0.3) is 0 Å². The maximum Gasteiger partial charge on any atom is 0.243 e. The zero-order valence-corrected chi connectivity index (χ0v) is 13.6. The van der Waals surface area contributed by atoms with Crippen molar-refractivity contribution in [1.29, 1.82) is 0 Å². The van der Waals surface area contributed by atoms with Gasteiger partial charge in [0.2, 0.25) is 5.89 Å². The lowest BCUT2D eigenvalue weighted by atomic mass is 10.1. The van der Waals surface area contributed by atoms with E-state index < -0.39 is 5.82 Å². The second-order valence-electron chi connectivity index (χ2n) is 5.31. The highest BCUT2D eigenvalue weighted by Gasteiger charge is 2.14. The molecule has 3 aromatic rings. The summed E-state index contributed by atoms with van der Waals surface area (Å²) in [6.07, 6.45) is 0.560. The van der Waals surface area contributed by atoms with E-state index in [0.717, 1.165) is 5.56 Å². The lowest BCUT2D eigenvalue weighted by Gasteiger charge is -2.09. The van der Waals surface area contributed by atoms with Crippen LogP contribution in [0.5, 0.6) is 11.5 Å². The molecule has 0 spiro atoms. The molecular formula is C17H15ClFN3O2. The standard InChI is InChI=1S/C17H15ClFN3O2/c1-10-21-17(24-22-10)16(20)8-11-2-4-12(5-3-11)23-13-6-7-15(19)14(18)9-13/h2-7,9,16H,8,20H2,1H3. The van der Waals surface area contributed by atoms with Gasteiger partial charge in [-0.3, -0.25) is 0 Å². The molecule has 3 rings (SSSR count). The summed E-state index contributed by atoms with van der Waals surface area (Å²) in [7, 11) is 0. The molecule has 0 amide bonds. The summed E-state index contributed by atoms with van der Waals surface area (Å²) in [6, 6.07) is 11.2. The number of halogens is 2. The van der Waals surface area contributed by atoms with E-state index in [-0.39, 0.29) is 11.1 Å². The molecule has 0 fully saturated rings. The van der Waals surface area contributed by atoms with Gasteiger partial charge in [-0.25, -0.2) is 4.39 Å². The second-order valence-corrected chi connectivity index (χ2v) is 5.72. The third-order valence-electron chi connectivity index (χ3n) is 3.37. The topological polar surface area (TPSA) is 74.2 Å². The van der Waals surface area contributed by atoms with E-state index in [1.165, 1.54) is 18.2 Å². The fraction of sp³-hybridized carbons (Fsp3) is 0.176. The van der Waals surface area contributed by atoms with Crippen LogP contribution in [0.15, 0.2) is 47.0 Å². The highest BCUT2D eigenvalue weighted by Crippen LogP contribution is 2.26. The molecular weight excluding hydrogens is 333 g/mol. The summed E-state index contributed by atoms with van der Waals surface area (Å²) < 4.78 is 23.8. The number of hydrogen-bond donors (Lipinski definition) is 1. The van der Waals surface area contributed by atoms with Crippen molar-refractivity contribution < 1.29 is 13.7 Å². The van der Waals surface area contributed by atoms with Gasteiger partial charge in [0.15, 0.2) is 5.82 Å². The van der Waals surface area contributed by atoms with Gasteiger partial charge in [0.1, 0.15) is 17.3 Å². The molecule has 24 heavy (non-hydrogen) atoms. The van der Waals surface area contributed by atoms with E-state index in [1.807, 2.05) is 12.1 Å². The SMILES string of the molecule is Cc1noc(C(N)Cc2ccc(Oc3ccc(F)c(Cl)c3)cc2)n1. The van der Waals surface area contributed by atoms with Crippen LogP contribution in [-0.4, -0.2) is 10.1 Å². The van der Waals surface area contributed by atoms with Gasteiger partial charge < -0.3 is 15.0 Å². The molecule has 0 aliphatic heterocycles. The van der Waals surface area contributed by atoms with E-state index in [1.54, 1.807) is 19.1 Å². The molecule has 2 aromatic carbocycles. The fourth-order valence-electron chi connectivity index (χ4n) is 2.17. The second kappa shape index (κ2) is 6.98. The highest BCUT2D eigenvalue weighted by atomic mass is 35.5. The van der Waals surface area contributed by atoms with Crippen LogP contribution in [0.3, 0.4) is 0 Å². The molecule has 1 unspecified atom stereocenters. The first-order valence-electron chi connectivity index (χ1n) is 7.29. The number of nitrogens with zero attached hydrogens (tertiary/aromatic N) is 2. The van der Waals surface area contributed by atoms with Crippen molar-refractivity contribution in [2.75, 3.05) is 0 Å². The van der Waals surface area contributed by atoms with Gasteiger partial charge in [-0.05, 0) is 43.2 Å². The Kier molecular flexibility index (Phi) is 4.78. The third-order valence-corrected chi connectivity index (χ3v) is 3.66. The van der Waals surface area contributed by atoms with Gasteiger partial charge >= 0.3 is 0 Å². The van der Waals surface area contributed by atoms with Crippen molar-refractivity contribution in [3.05, 3.63) is 70.6 Å². The van der Waals surface area contributed by atoms with E-state index >= 15 is 0 Å². The van der Waals surface area contributed by atoms with Crippen LogP contribution in [0, 0.1) is 12.7 Å². The van der Waals surface area contributed by atoms with Crippen LogP contribution in [0.25, 0.3) is 0 Å². The van der Waals surface area contributed by atoms with Gasteiger partial charge in [0.05, 0.1) is 11.1 Å². The fourth-order valence-corrected chi connectivity index (χ4v) is 2.35. The summed E-state index contributed by atoms with van der Waals surface area (Å²) in [5, 5.41) is 3.75. The zero-order chi connectivity index (χ0) is 17.1.